The molecule has 1 amide bonds. The van der Waals surface area contributed by atoms with E-state index >= 15 is 0 Å². The molecule has 3 rings (SSSR count). The first-order chi connectivity index (χ1) is 12.6. The van der Waals surface area contributed by atoms with Crippen molar-refractivity contribution in [3.05, 3.63) is 58.9 Å². The van der Waals surface area contributed by atoms with Crippen molar-refractivity contribution >= 4 is 23.8 Å². The smallest absolute Gasteiger partial charge is 0.244 e. The van der Waals surface area contributed by atoms with Crippen LogP contribution >= 0.6 is 12.2 Å². The molecular weight excluding hydrogens is 348 g/mol. The Morgan fingerprint density at radius 3 is 2.81 bits per heavy atom. The summed E-state index contributed by atoms with van der Waals surface area (Å²) in [5.41, 5.74) is 2.15. The van der Waals surface area contributed by atoms with Crippen molar-refractivity contribution < 1.29 is 9.53 Å². The fourth-order valence-corrected chi connectivity index (χ4v) is 2.65. The summed E-state index contributed by atoms with van der Waals surface area (Å²) in [7, 11) is 1.60. The lowest BCUT2D eigenvalue weighted by Crippen LogP contribution is -2.19. The highest BCUT2D eigenvalue weighted by atomic mass is 32.1. The van der Waals surface area contributed by atoms with Gasteiger partial charge in [-0.1, -0.05) is 12.0 Å². The number of H-pyrrole nitrogens is 1. The van der Waals surface area contributed by atoms with E-state index in [2.05, 4.69) is 21.4 Å². The molecule has 0 radical (unpaired) electrons. The molecule has 0 saturated heterocycles. The maximum Gasteiger partial charge on any atom is 0.244 e. The van der Waals surface area contributed by atoms with Gasteiger partial charge in [-0.05, 0) is 54.7 Å². The Hall–Kier alpha value is -3.37. The van der Waals surface area contributed by atoms with E-state index in [1.54, 1.807) is 35.9 Å². The molecule has 6 nitrogen and oxygen atoms in total. The summed E-state index contributed by atoms with van der Waals surface area (Å²) in [6.45, 7) is 0.0248. The average Bonchev–Trinajstić information content (AvgIpc) is 3.02. The minimum absolute atomic E-state index is 0.0248. The topological polar surface area (TPSA) is 71.9 Å². The number of aromatic nitrogens is 3. The molecule has 0 aliphatic rings. The third-order valence-electron chi connectivity index (χ3n) is 3.72. The molecule has 7 heteroatoms. The lowest BCUT2D eigenvalue weighted by atomic mass is 10.2. The van der Waals surface area contributed by atoms with E-state index in [0.29, 0.717) is 21.8 Å². The number of ether oxygens (including phenoxy) is 1. The zero-order valence-corrected chi connectivity index (χ0v) is 14.8. The molecule has 0 aliphatic heterocycles. The van der Waals surface area contributed by atoms with Crippen molar-refractivity contribution in [1.82, 2.24) is 14.8 Å². The second-order valence-corrected chi connectivity index (χ2v) is 5.83. The summed E-state index contributed by atoms with van der Waals surface area (Å²) in [5.74, 6) is 3.62. The molecule has 3 aromatic rings. The van der Waals surface area contributed by atoms with Gasteiger partial charge in [0.05, 0.1) is 7.11 Å². The number of hydrogen-bond acceptors (Lipinski definition) is 4. The number of nitrogens with one attached hydrogen (secondary N) is 2. The first kappa shape index (κ1) is 17.5. The van der Waals surface area contributed by atoms with Crippen LogP contribution in [-0.2, 0) is 11.3 Å². The molecule has 0 fully saturated rings. The Morgan fingerprint density at radius 1 is 1.35 bits per heavy atom. The van der Waals surface area contributed by atoms with Crippen LogP contribution in [0, 0.1) is 17.1 Å². The van der Waals surface area contributed by atoms with Gasteiger partial charge >= 0.3 is 0 Å². The number of terminal acetylenes is 1. The van der Waals surface area contributed by atoms with E-state index in [4.69, 9.17) is 23.4 Å². The zero-order valence-electron chi connectivity index (χ0n) is 14.0. The molecule has 2 aromatic carbocycles. The van der Waals surface area contributed by atoms with Gasteiger partial charge in [-0.25, -0.2) is 0 Å². The van der Waals surface area contributed by atoms with Crippen LogP contribution in [0.1, 0.15) is 5.56 Å². The highest BCUT2D eigenvalue weighted by Crippen LogP contribution is 2.21. The molecule has 1 aromatic heterocycles. The predicted molar refractivity (Wildman–Crippen MR) is 102 cm³/mol. The Morgan fingerprint density at radius 2 is 2.12 bits per heavy atom. The van der Waals surface area contributed by atoms with Crippen LogP contribution in [0.2, 0.25) is 0 Å². The van der Waals surface area contributed by atoms with E-state index in [-0.39, 0.29) is 12.5 Å². The molecule has 2 N–H and O–H groups in total. The van der Waals surface area contributed by atoms with E-state index < -0.39 is 0 Å². The van der Waals surface area contributed by atoms with Crippen LogP contribution in [0.15, 0.2) is 48.5 Å². The second kappa shape index (κ2) is 7.68. The minimum Gasteiger partial charge on any atom is -0.497 e. The monoisotopic (exact) mass is 364 g/mol. The maximum absolute atomic E-state index is 12.4. The van der Waals surface area contributed by atoms with Crippen molar-refractivity contribution in [2.45, 2.75) is 6.54 Å². The number of amides is 1. The maximum atomic E-state index is 12.4. The van der Waals surface area contributed by atoms with Crippen LogP contribution in [0.5, 0.6) is 5.75 Å². The predicted octanol–water partition coefficient (Wildman–Crippen LogP) is 3.24. The molecular formula is C19H16N4O2S. The van der Waals surface area contributed by atoms with Gasteiger partial charge in [0.25, 0.3) is 0 Å². The lowest BCUT2D eigenvalue weighted by molar-refractivity contribution is -0.116. The van der Waals surface area contributed by atoms with Crippen LogP contribution in [0.3, 0.4) is 0 Å². The third-order valence-corrected chi connectivity index (χ3v) is 4.03. The Bertz CT molecular complexity index is 1030. The highest BCUT2D eigenvalue weighted by molar-refractivity contribution is 7.71. The van der Waals surface area contributed by atoms with Gasteiger partial charge in [0.1, 0.15) is 12.3 Å². The third kappa shape index (κ3) is 3.82. The Kier molecular flexibility index (Phi) is 5.15. The van der Waals surface area contributed by atoms with Gasteiger partial charge in [0.2, 0.25) is 5.91 Å². The molecule has 130 valence electrons. The zero-order chi connectivity index (χ0) is 18.5. The summed E-state index contributed by atoms with van der Waals surface area (Å²) in [6, 6.07) is 14.4. The molecule has 0 bridgehead atoms. The normalized spacial score (nSPS) is 10.2. The van der Waals surface area contributed by atoms with Crippen molar-refractivity contribution in [2.24, 2.45) is 0 Å². The molecule has 1 heterocycles. The second-order valence-electron chi connectivity index (χ2n) is 5.44. The number of rotatable bonds is 5. The van der Waals surface area contributed by atoms with E-state index in [0.717, 1.165) is 11.3 Å². The summed E-state index contributed by atoms with van der Waals surface area (Å²) in [4.78, 5) is 12.4. The number of methoxy groups -OCH3 is 1. The summed E-state index contributed by atoms with van der Waals surface area (Å²) < 4.78 is 7.16. The van der Waals surface area contributed by atoms with E-state index in [1.165, 1.54) is 0 Å². The summed E-state index contributed by atoms with van der Waals surface area (Å²) >= 11 is 5.26. The van der Waals surface area contributed by atoms with Gasteiger partial charge in [0.15, 0.2) is 10.6 Å². The van der Waals surface area contributed by atoms with Crippen LogP contribution in [0.25, 0.3) is 11.4 Å². The molecule has 0 saturated carbocycles. The number of hydrogen-bond donors (Lipinski definition) is 2. The Balaban J connectivity index is 1.81. The van der Waals surface area contributed by atoms with Gasteiger partial charge in [-0.3, -0.25) is 14.5 Å². The van der Waals surface area contributed by atoms with Crippen LogP contribution in [0.4, 0.5) is 5.69 Å². The fraction of sp³-hybridized carbons (Fsp3) is 0.105. The summed E-state index contributed by atoms with van der Waals surface area (Å²) in [5, 5.41) is 9.77. The average molecular weight is 364 g/mol. The number of benzene rings is 2. The van der Waals surface area contributed by atoms with Crippen molar-refractivity contribution in [1.29, 1.82) is 0 Å². The van der Waals surface area contributed by atoms with E-state index in [1.807, 2.05) is 24.3 Å². The SMILES string of the molecule is C#Cc1cccc(NC(=O)Cn2c(-c3ccc(OC)cc3)n[nH]c2=S)c1. The largest absolute Gasteiger partial charge is 0.497 e. The van der Waals surface area contributed by atoms with Gasteiger partial charge in [-0.2, -0.15) is 5.10 Å². The standard InChI is InChI=1S/C19H16N4O2S/c1-3-13-5-4-6-15(11-13)20-17(24)12-23-18(21-22-19(23)26)14-7-9-16(25-2)10-8-14/h1,4-11H,12H2,2H3,(H,20,24)(H,22,26). The van der Waals surface area contributed by atoms with Crippen LogP contribution < -0.4 is 10.1 Å². The van der Waals surface area contributed by atoms with Crippen LogP contribution in [-0.4, -0.2) is 27.8 Å². The molecule has 0 unspecified atom stereocenters. The first-order valence-corrected chi connectivity index (χ1v) is 8.17. The quantitative estimate of drug-likeness (QED) is 0.539. The molecule has 0 aliphatic carbocycles. The first-order valence-electron chi connectivity index (χ1n) is 7.77. The van der Waals surface area contributed by atoms with Crippen molar-refractivity contribution in [3.63, 3.8) is 0 Å². The van der Waals surface area contributed by atoms with Crippen molar-refractivity contribution in [2.75, 3.05) is 12.4 Å². The van der Waals surface area contributed by atoms with Gasteiger partial charge in [0, 0.05) is 16.8 Å². The molecule has 0 atom stereocenters. The van der Waals surface area contributed by atoms with Crippen molar-refractivity contribution in [3.8, 4) is 29.5 Å². The number of carbonyl (C=O) groups excluding carboxylic acids is 1. The number of carbonyl (C=O) groups is 1. The molecule has 0 spiro atoms. The molecule has 26 heavy (non-hydrogen) atoms. The fourth-order valence-electron chi connectivity index (χ4n) is 2.46. The Labute approximate surface area is 155 Å². The van der Waals surface area contributed by atoms with Gasteiger partial charge in [-0.15, -0.1) is 6.42 Å². The highest BCUT2D eigenvalue weighted by Gasteiger charge is 2.13. The summed E-state index contributed by atoms with van der Waals surface area (Å²) in [6.07, 6.45) is 5.38. The van der Waals surface area contributed by atoms with Gasteiger partial charge < -0.3 is 10.1 Å². The number of nitrogens with zero attached hydrogens (tertiary/aromatic N) is 2. The number of anilines is 1. The minimum atomic E-state index is -0.230. The number of aromatic amines is 1. The lowest BCUT2D eigenvalue weighted by Gasteiger charge is -2.09. The van der Waals surface area contributed by atoms with E-state index in [9.17, 15) is 4.79 Å².